The molecule has 0 aromatic heterocycles. The fraction of sp³-hybridized carbons (Fsp3) is 1.00. The van der Waals surface area contributed by atoms with Gasteiger partial charge in [-0.3, -0.25) is 0 Å². The predicted molar refractivity (Wildman–Crippen MR) is 61.4 cm³/mol. The van der Waals surface area contributed by atoms with E-state index >= 15 is 0 Å². The monoisotopic (exact) mass is 215 g/mol. The standard InChI is InChI=1S/C11H21NOS/c1-10(13)6-11(7-10,8-12)9-2-4-14-5-3-9/h9,13H,2-8,12H2,1H3. The van der Waals surface area contributed by atoms with Crippen molar-refractivity contribution in [3.8, 4) is 0 Å². The molecule has 0 atom stereocenters. The quantitative estimate of drug-likeness (QED) is 0.736. The highest BCUT2D eigenvalue weighted by atomic mass is 32.2. The van der Waals surface area contributed by atoms with E-state index in [0.717, 1.165) is 25.3 Å². The molecular formula is C11H21NOS. The Hall–Kier alpha value is 0.270. The van der Waals surface area contributed by atoms with Gasteiger partial charge in [0.1, 0.15) is 0 Å². The molecule has 3 heteroatoms. The second-order valence-corrected chi connectivity index (χ2v) is 6.53. The zero-order chi connectivity index (χ0) is 10.2. The lowest BCUT2D eigenvalue weighted by molar-refractivity contribution is -0.138. The average molecular weight is 215 g/mol. The summed E-state index contributed by atoms with van der Waals surface area (Å²) in [5.41, 5.74) is 5.76. The molecule has 0 bridgehead atoms. The van der Waals surface area contributed by atoms with Crippen LogP contribution >= 0.6 is 11.8 Å². The van der Waals surface area contributed by atoms with E-state index in [2.05, 4.69) is 11.8 Å². The number of thioether (sulfide) groups is 1. The third-order valence-corrected chi connectivity index (χ3v) is 5.01. The van der Waals surface area contributed by atoms with Crippen LogP contribution in [0.15, 0.2) is 0 Å². The molecule has 1 saturated carbocycles. The van der Waals surface area contributed by atoms with Gasteiger partial charge in [0.05, 0.1) is 5.60 Å². The van der Waals surface area contributed by atoms with E-state index in [1.807, 2.05) is 6.92 Å². The Bertz CT molecular complexity index is 203. The lowest BCUT2D eigenvalue weighted by Gasteiger charge is -2.56. The van der Waals surface area contributed by atoms with Crippen LogP contribution in [0.4, 0.5) is 0 Å². The number of rotatable bonds is 2. The molecular weight excluding hydrogens is 194 g/mol. The zero-order valence-electron chi connectivity index (χ0n) is 8.96. The highest BCUT2D eigenvalue weighted by Crippen LogP contribution is 2.55. The van der Waals surface area contributed by atoms with Gasteiger partial charge in [0.25, 0.3) is 0 Å². The first-order valence-electron chi connectivity index (χ1n) is 5.58. The van der Waals surface area contributed by atoms with Crippen LogP contribution in [0.25, 0.3) is 0 Å². The number of aliphatic hydroxyl groups is 1. The van der Waals surface area contributed by atoms with Crippen molar-refractivity contribution in [3.63, 3.8) is 0 Å². The number of hydrogen-bond donors (Lipinski definition) is 2. The maximum Gasteiger partial charge on any atom is 0.0631 e. The van der Waals surface area contributed by atoms with Gasteiger partial charge in [-0.25, -0.2) is 0 Å². The molecule has 1 saturated heterocycles. The van der Waals surface area contributed by atoms with E-state index in [4.69, 9.17) is 5.73 Å². The van der Waals surface area contributed by atoms with E-state index in [9.17, 15) is 5.11 Å². The Morgan fingerprint density at radius 2 is 1.93 bits per heavy atom. The first-order valence-corrected chi connectivity index (χ1v) is 6.74. The van der Waals surface area contributed by atoms with Crippen LogP contribution in [0.5, 0.6) is 0 Å². The van der Waals surface area contributed by atoms with Gasteiger partial charge in [0.2, 0.25) is 0 Å². The van der Waals surface area contributed by atoms with Crippen LogP contribution in [0.1, 0.15) is 32.6 Å². The summed E-state index contributed by atoms with van der Waals surface area (Å²) in [4.78, 5) is 0. The molecule has 1 aliphatic carbocycles. The summed E-state index contributed by atoms with van der Waals surface area (Å²) in [6.45, 7) is 2.71. The molecule has 1 aliphatic heterocycles. The second kappa shape index (κ2) is 3.69. The van der Waals surface area contributed by atoms with Gasteiger partial charge in [-0.15, -0.1) is 0 Å². The minimum atomic E-state index is -0.427. The van der Waals surface area contributed by atoms with Crippen molar-refractivity contribution in [1.82, 2.24) is 0 Å². The summed E-state index contributed by atoms with van der Waals surface area (Å²) in [7, 11) is 0. The first-order chi connectivity index (χ1) is 6.58. The summed E-state index contributed by atoms with van der Waals surface area (Å²) in [6.07, 6.45) is 4.45. The topological polar surface area (TPSA) is 46.2 Å². The predicted octanol–water partition coefficient (Wildman–Crippen LogP) is 1.62. The van der Waals surface area contributed by atoms with Gasteiger partial charge in [0.15, 0.2) is 0 Å². The van der Waals surface area contributed by atoms with Gasteiger partial charge >= 0.3 is 0 Å². The molecule has 1 heterocycles. The lowest BCUT2D eigenvalue weighted by Crippen LogP contribution is -2.57. The molecule has 2 nitrogen and oxygen atoms in total. The first kappa shape index (κ1) is 10.8. The molecule has 0 aromatic rings. The van der Waals surface area contributed by atoms with E-state index in [1.165, 1.54) is 24.3 Å². The van der Waals surface area contributed by atoms with Crippen molar-refractivity contribution < 1.29 is 5.11 Å². The van der Waals surface area contributed by atoms with Gasteiger partial charge < -0.3 is 10.8 Å². The van der Waals surface area contributed by atoms with Gasteiger partial charge in [0, 0.05) is 0 Å². The fourth-order valence-electron chi connectivity index (χ4n) is 3.37. The third kappa shape index (κ3) is 1.82. The average Bonchev–Trinajstić information content (AvgIpc) is 2.15. The molecule has 0 radical (unpaired) electrons. The molecule has 0 unspecified atom stereocenters. The van der Waals surface area contributed by atoms with Gasteiger partial charge in [-0.2, -0.15) is 11.8 Å². The summed E-state index contributed by atoms with van der Waals surface area (Å²) in [5.74, 6) is 3.34. The fourth-order valence-corrected chi connectivity index (χ4v) is 4.48. The molecule has 2 aliphatic rings. The summed E-state index contributed by atoms with van der Waals surface area (Å²) < 4.78 is 0. The maximum absolute atomic E-state index is 9.85. The second-order valence-electron chi connectivity index (χ2n) is 5.30. The summed E-state index contributed by atoms with van der Waals surface area (Å²) in [6, 6.07) is 0. The normalized spacial score (nSPS) is 44.8. The molecule has 0 aromatic carbocycles. The highest BCUT2D eigenvalue weighted by molar-refractivity contribution is 7.99. The molecule has 82 valence electrons. The molecule has 3 N–H and O–H groups in total. The Morgan fingerprint density at radius 3 is 2.36 bits per heavy atom. The molecule has 2 rings (SSSR count). The largest absolute Gasteiger partial charge is 0.390 e. The molecule has 0 amide bonds. The van der Waals surface area contributed by atoms with E-state index in [0.29, 0.717) is 0 Å². The van der Waals surface area contributed by atoms with Gasteiger partial charge in [-0.1, -0.05) is 0 Å². The van der Waals surface area contributed by atoms with Gasteiger partial charge in [-0.05, 0) is 62.0 Å². The van der Waals surface area contributed by atoms with Crippen molar-refractivity contribution in [2.45, 2.75) is 38.2 Å². The summed E-state index contributed by atoms with van der Waals surface area (Å²) >= 11 is 2.06. The minimum Gasteiger partial charge on any atom is -0.390 e. The zero-order valence-corrected chi connectivity index (χ0v) is 9.78. The van der Waals surface area contributed by atoms with Crippen LogP contribution in [0.3, 0.4) is 0 Å². The lowest BCUT2D eigenvalue weighted by atomic mass is 9.53. The van der Waals surface area contributed by atoms with Crippen LogP contribution in [-0.4, -0.2) is 28.8 Å². The maximum atomic E-state index is 9.85. The van der Waals surface area contributed by atoms with Crippen LogP contribution in [0, 0.1) is 11.3 Å². The number of hydrogen-bond acceptors (Lipinski definition) is 3. The van der Waals surface area contributed by atoms with E-state index in [-0.39, 0.29) is 5.41 Å². The molecule has 0 spiro atoms. The Labute approximate surface area is 90.6 Å². The molecule has 14 heavy (non-hydrogen) atoms. The number of nitrogens with two attached hydrogens (primary N) is 1. The van der Waals surface area contributed by atoms with Crippen molar-refractivity contribution in [1.29, 1.82) is 0 Å². The SMILES string of the molecule is CC1(O)CC(CN)(C2CCSCC2)C1. The van der Waals surface area contributed by atoms with Crippen molar-refractivity contribution in [2.75, 3.05) is 18.1 Å². The minimum absolute atomic E-state index is 0.282. The van der Waals surface area contributed by atoms with Crippen LogP contribution in [0.2, 0.25) is 0 Å². The van der Waals surface area contributed by atoms with Crippen LogP contribution in [-0.2, 0) is 0 Å². The van der Waals surface area contributed by atoms with E-state index in [1.54, 1.807) is 0 Å². The van der Waals surface area contributed by atoms with Crippen molar-refractivity contribution >= 4 is 11.8 Å². The van der Waals surface area contributed by atoms with Crippen LogP contribution < -0.4 is 5.73 Å². The summed E-state index contributed by atoms with van der Waals surface area (Å²) in [5, 5.41) is 9.85. The van der Waals surface area contributed by atoms with E-state index < -0.39 is 5.60 Å². The highest BCUT2D eigenvalue weighted by Gasteiger charge is 2.53. The Morgan fingerprint density at radius 1 is 1.36 bits per heavy atom. The Balaban J connectivity index is 1.99. The smallest absolute Gasteiger partial charge is 0.0631 e. The Kier molecular flexibility index (Phi) is 2.84. The molecule has 2 fully saturated rings. The third-order valence-electron chi connectivity index (χ3n) is 3.96. The van der Waals surface area contributed by atoms with Crippen molar-refractivity contribution in [2.24, 2.45) is 17.1 Å². The van der Waals surface area contributed by atoms with Crippen molar-refractivity contribution in [3.05, 3.63) is 0 Å².